The molecule has 2 aromatic rings. The van der Waals surface area contributed by atoms with E-state index in [9.17, 15) is 0 Å². The fourth-order valence-corrected chi connectivity index (χ4v) is 2.44. The van der Waals surface area contributed by atoms with Gasteiger partial charge >= 0.3 is 0 Å². The fraction of sp³-hybridized carbons (Fsp3) is 0.167. The number of nitrogens with two attached hydrogens (primary N) is 1. The van der Waals surface area contributed by atoms with Gasteiger partial charge in [0.25, 0.3) is 0 Å². The SMILES string of the molecule is CC(C)C1=CNNC(Nc2ccc3ncc(/C(C=N)=C/N)cc3n2)=C1. The Hall–Kier alpha value is -3.35. The van der Waals surface area contributed by atoms with Gasteiger partial charge in [-0.15, -0.1) is 0 Å². The van der Waals surface area contributed by atoms with E-state index in [-0.39, 0.29) is 0 Å². The maximum absolute atomic E-state index is 7.41. The van der Waals surface area contributed by atoms with Gasteiger partial charge in [0.1, 0.15) is 11.6 Å². The third-order valence-electron chi connectivity index (χ3n) is 3.89. The van der Waals surface area contributed by atoms with Crippen LogP contribution in [0.15, 0.2) is 54.3 Å². The van der Waals surface area contributed by atoms with Gasteiger partial charge in [-0.05, 0) is 35.8 Å². The Morgan fingerprint density at radius 1 is 1.32 bits per heavy atom. The molecule has 0 aliphatic carbocycles. The quantitative estimate of drug-likeness (QED) is 0.537. The van der Waals surface area contributed by atoms with Gasteiger partial charge in [-0.2, -0.15) is 0 Å². The molecule has 0 spiro atoms. The maximum Gasteiger partial charge on any atom is 0.132 e. The van der Waals surface area contributed by atoms with Crippen LogP contribution in [-0.2, 0) is 0 Å². The van der Waals surface area contributed by atoms with E-state index in [2.05, 4.69) is 40.0 Å². The molecule has 0 amide bonds. The van der Waals surface area contributed by atoms with E-state index in [1.165, 1.54) is 18.0 Å². The highest BCUT2D eigenvalue weighted by atomic mass is 15.4. The summed E-state index contributed by atoms with van der Waals surface area (Å²) in [5.74, 6) is 1.94. The van der Waals surface area contributed by atoms with Crippen LogP contribution >= 0.6 is 0 Å². The summed E-state index contributed by atoms with van der Waals surface area (Å²) in [4.78, 5) is 8.99. The molecule has 0 saturated carbocycles. The summed E-state index contributed by atoms with van der Waals surface area (Å²) in [5, 5.41) is 10.7. The molecule has 0 aromatic carbocycles. The Labute approximate surface area is 146 Å². The molecule has 1 aliphatic rings. The highest BCUT2D eigenvalue weighted by Gasteiger charge is 2.09. The van der Waals surface area contributed by atoms with Crippen molar-refractivity contribution in [3.63, 3.8) is 0 Å². The number of hydrazine groups is 1. The van der Waals surface area contributed by atoms with Crippen molar-refractivity contribution in [1.82, 2.24) is 20.8 Å². The zero-order chi connectivity index (χ0) is 17.8. The Bertz CT molecular complexity index is 893. The number of pyridine rings is 2. The van der Waals surface area contributed by atoms with Gasteiger partial charge < -0.3 is 21.9 Å². The van der Waals surface area contributed by atoms with Gasteiger partial charge in [-0.3, -0.25) is 10.4 Å². The van der Waals surface area contributed by atoms with Crippen molar-refractivity contribution in [1.29, 1.82) is 5.41 Å². The summed E-state index contributed by atoms with van der Waals surface area (Å²) in [6, 6.07) is 5.65. The first kappa shape index (κ1) is 16.5. The Balaban J connectivity index is 1.90. The van der Waals surface area contributed by atoms with Crippen LogP contribution in [-0.4, -0.2) is 16.2 Å². The maximum atomic E-state index is 7.41. The first-order valence-corrected chi connectivity index (χ1v) is 8.00. The largest absolute Gasteiger partial charge is 0.404 e. The minimum Gasteiger partial charge on any atom is -0.404 e. The Kier molecular flexibility index (Phi) is 4.65. The van der Waals surface area contributed by atoms with Crippen LogP contribution in [0.2, 0.25) is 0 Å². The minimum absolute atomic E-state index is 0.422. The van der Waals surface area contributed by atoms with Gasteiger partial charge in [0.2, 0.25) is 0 Å². The average Bonchev–Trinajstić information content (AvgIpc) is 2.62. The summed E-state index contributed by atoms with van der Waals surface area (Å²) in [6.45, 7) is 4.28. The van der Waals surface area contributed by atoms with Crippen molar-refractivity contribution < 1.29 is 0 Å². The summed E-state index contributed by atoms with van der Waals surface area (Å²) < 4.78 is 0. The zero-order valence-corrected chi connectivity index (χ0v) is 14.2. The molecule has 25 heavy (non-hydrogen) atoms. The van der Waals surface area contributed by atoms with Gasteiger partial charge in [0, 0.05) is 35.9 Å². The number of allylic oxidation sites excluding steroid dienone is 3. The van der Waals surface area contributed by atoms with E-state index in [4.69, 9.17) is 11.1 Å². The normalized spacial score (nSPS) is 14.4. The number of aromatic nitrogens is 2. The number of hydrogen-bond donors (Lipinski definition) is 5. The Morgan fingerprint density at radius 2 is 2.16 bits per heavy atom. The predicted octanol–water partition coefficient (Wildman–Crippen LogP) is 2.48. The van der Waals surface area contributed by atoms with Gasteiger partial charge in [-0.1, -0.05) is 13.8 Å². The molecule has 128 valence electrons. The minimum atomic E-state index is 0.422. The van der Waals surface area contributed by atoms with E-state index >= 15 is 0 Å². The second-order valence-electron chi connectivity index (χ2n) is 5.98. The van der Waals surface area contributed by atoms with Crippen LogP contribution < -0.4 is 21.9 Å². The van der Waals surface area contributed by atoms with Crippen molar-refractivity contribution in [2.75, 3.05) is 5.32 Å². The molecule has 0 radical (unpaired) electrons. The van der Waals surface area contributed by atoms with Gasteiger partial charge in [-0.25, -0.2) is 4.98 Å². The van der Waals surface area contributed by atoms with Crippen LogP contribution in [0.4, 0.5) is 5.82 Å². The molecule has 0 atom stereocenters. The number of nitrogens with zero attached hydrogens (tertiary/aromatic N) is 2. The molecule has 3 rings (SSSR count). The molecule has 1 aliphatic heterocycles. The van der Waals surface area contributed by atoms with Crippen LogP contribution in [0.3, 0.4) is 0 Å². The lowest BCUT2D eigenvalue weighted by molar-refractivity contribution is 0.677. The summed E-state index contributed by atoms with van der Waals surface area (Å²) in [6.07, 6.45) is 8.27. The fourth-order valence-electron chi connectivity index (χ4n) is 2.44. The van der Waals surface area contributed by atoms with Crippen molar-refractivity contribution in [3.8, 4) is 0 Å². The van der Waals surface area contributed by atoms with Crippen LogP contribution in [0.25, 0.3) is 16.6 Å². The smallest absolute Gasteiger partial charge is 0.132 e. The highest BCUT2D eigenvalue weighted by molar-refractivity contribution is 6.08. The van der Waals surface area contributed by atoms with Crippen molar-refractivity contribution in [3.05, 3.63) is 59.8 Å². The molecule has 0 unspecified atom stereocenters. The summed E-state index contributed by atoms with van der Waals surface area (Å²) in [7, 11) is 0. The summed E-state index contributed by atoms with van der Waals surface area (Å²) >= 11 is 0. The molecule has 7 heteroatoms. The monoisotopic (exact) mass is 335 g/mol. The highest BCUT2D eigenvalue weighted by Crippen LogP contribution is 2.20. The predicted molar refractivity (Wildman–Crippen MR) is 101 cm³/mol. The van der Waals surface area contributed by atoms with E-state index in [1.807, 2.05) is 30.5 Å². The second-order valence-corrected chi connectivity index (χ2v) is 5.98. The van der Waals surface area contributed by atoms with Crippen molar-refractivity contribution in [2.45, 2.75) is 13.8 Å². The van der Waals surface area contributed by atoms with Crippen molar-refractivity contribution >= 4 is 28.6 Å². The molecule has 6 N–H and O–H groups in total. The average molecular weight is 335 g/mol. The van der Waals surface area contributed by atoms with Crippen LogP contribution in [0.1, 0.15) is 19.4 Å². The van der Waals surface area contributed by atoms with Crippen LogP contribution in [0.5, 0.6) is 0 Å². The third-order valence-corrected chi connectivity index (χ3v) is 3.89. The van der Waals surface area contributed by atoms with Gasteiger partial charge in [0.05, 0.1) is 11.0 Å². The molecule has 7 nitrogen and oxygen atoms in total. The standard InChI is InChI=1S/C18H21N7/c1-11(2)12-6-18(25-22-10-12)24-17-4-3-15-16(23-17)5-13(9-21-15)14(7-19)8-20/h3-11,19,22,25H,20H2,1-2H3,(H,23,24)/b14-8+,19-7?. The van der Waals surface area contributed by atoms with Crippen molar-refractivity contribution in [2.24, 2.45) is 11.7 Å². The number of fused-ring (bicyclic) bond motifs is 1. The van der Waals surface area contributed by atoms with Crippen LogP contribution in [0, 0.1) is 11.3 Å². The second kappa shape index (κ2) is 7.04. The Morgan fingerprint density at radius 3 is 2.88 bits per heavy atom. The lowest BCUT2D eigenvalue weighted by atomic mass is 10.0. The lowest BCUT2D eigenvalue weighted by Crippen LogP contribution is -2.33. The first-order valence-electron chi connectivity index (χ1n) is 8.00. The number of hydrogen-bond acceptors (Lipinski definition) is 7. The molecule has 0 saturated heterocycles. The molecule has 0 fully saturated rings. The van der Waals surface area contributed by atoms with E-state index in [1.54, 1.807) is 6.20 Å². The number of anilines is 1. The molecular formula is C18H21N7. The topological polar surface area (TPSA) is 112 Å². The molecule has 2 aromatic heterocycles. The molecular weight excluding hydrogens is 314 g/mol. The van der Waals surface area contributed by atoms with E-state index < -0.39 is 0 Å². The lowest BCUT2D eigenvalue weighted by Gasteiger charge is -2.20. The first-order chi connectivity index (χ1) is 12.1. The van der Waals surface area contributed by atoms with Gasteiger partial charge in [0.15, 0.2) is 0 Å². The zero-order valence-electron chi connectivity index (χ0n) is 14.2. The molecule has 3 heterocycles. The number of nitrogens with one attached hydrogen (secondary N) is 4. The third kappa shape index (κ3) is 3.60. The van der Waals surface area contributed by atoms with E-state index in [0.29, 0.717) is 17.3 Å². The number of rotatable bonds is 5. The summed E-state index contributed by atoms with van der Waals surface area (Å²) in [5.41, 5.74) is 15.7. The van der Waals surface area contributed by atoms with E-state index in [0.717, 1.165) is 22.4 Å². The molecule has 0 bridgehead atoms.